The van der Waals surface area contributed by atoms with Crippen molar-refractivity contribution in [1.29, 1.82) is 0 Å². The number of aromatic nitrogens is 2. The number of rotatable bonds is 7. The Morgan fingerprint density at radius 3 is 2.59 bits per heavy atom. The summed E-state index contributed by atoms with van der Waals surface area (Å²) in [5.41, 5.74) is 13.5. The van der Waals surface area contributed by atoms with Crippen LogP contribution in [0.1, 0.15) is 52.2 Å². The molecule has 1 aromatic heterocycles. The number of Topliss-reactive ketones (excluding diaryl/α,β-unsaturated/α-hetero) is 1. The molecule has 1 aliphatic carbocycles. The normalized spacial score (nSPS) is 17.7. The minimum absolute atomic E-state index is 0.00563. The van der Waals surface area contributed by atoms with Gasteiger partial charge in [0.25, 0.3) is 5.91 Å². The molecule has 1 saturated carbocycles. The number of guanidine groups is 1. The van der Waals surface area contributed by atoms with Gasteiger partial charge in [-0.1, -0.05) is 54.8 Å². The number of nitrogens with one attached hydrogen (secondary N) is 2. The fourth-order valence-electron chi connectivity index (χ4n) is 4.22. The van der Waals surface area contributed by atoms with E-state index in [0.717, 1.165) is 36.6 Å². The molecular formula is C25H29N7O2. The van der Waals surface area contributed by atoms with Crippen LogP contribution in [0.4, 0.5) is 5.82 Å². The summed E-state index contributed by atoms with van der Waals surface area (Å²) < 4.78 is 0. The number of anilines is 1. The third-order valence-electron chi connectivity index (χ3n) is 5.93. The number of nitrogens with zero attached hydrogens (tertiary/aromatic N) is 3. The van der Waals surface area contributed by atoms with E-state index >= 15 is 0 Å². The SMILES string of the molecule is Cc1ccc2nc(C(=O)NCC(=O)c3ccccc3)nc(NC3CCCCC3N=C(N)N)c2c1. The van der Waals surface area contributed by atoms with Crippen molar-refractivity contribution in [3.05, 3.63) is 65.5 Å². The third-order valence-corrected chi connectivity index (χ3v) is 5.93. The maximum absolute atomic E-state index is 12.9. The number of nitrogens with two attached hydrogens (primary N) is 2. The Bertz CT molecular complexity index is 1220. The predicted molar refractivity (Wildman–Crippen MR) is 133 cm³/mol. The van der Waals surface area contributed by atoms with Crippen molar-refractivity contribution in [3.8, 4) is 0 Å². The van der Waals surface area contributed by atoms with E-state index in [1.165, 1.54) is 0 Å². The second-order valence-electron chi connectivity index (χ2n) is 8.54. The minimum Gasteiger partial charge on any atom is -0.370 e. The fourth-order valence-corrected chi connectivity index (χ4v) is 4.22. The largest absolute Gasteiger partial charge is 0.370 e. The zero-order valence-corrected chi connectivity index (χ0v) is 19.1. The van der Waals surface area contributed by atoms with Crippen molar-refractivity contribution in [1.82, 2.24) is 15.3 Å². The van der Waals surface area contributed by atoms with Gasteiger partial charge in [-0.25, -0.2) is 15.0 Å². The lowest BCUT2D eigenvalue weighted by atomic mass is 9.90. The van der Waals surface area contributed by atoms with E-state index in [0.29, 0.717) is 16.9 Å². The highest BCUT2D eigenvalue weighted by atomic mass is 16.2. The zero-order valence-electron chi connectivity index (χ0n) is 19.1. The van der Waals surface area contributed by atoms with Crippen LogP contribution in [-0.2, 0) is 0 Å². The Morgan fingerprint density at radius 2 is 1.82 bits per heavy atom. The van der Waals surface area contributed by atoms with Gasteiger partial charge in [0, 0.05) is 10.9 Å². The van der Waals surface area contributed by atoms with Crippen LogP contribution in [0.2, 0.25) is 0 Å². The molecular weight excluding hydrogens is 430 g/mol. The lowest BCUT2D eigenvalue weighted by Crippen LogP contribution is -2.38. The maximum Gasteiger partial charge on any atom is 0.289 e. The highest BCUT2D eigenvalue weighted by molar-refractivity contribution is 6.02. The molecule has 176 valence electrons. The van der Waals surface area contributed by atoms with Crippen LogP contribution in [0.25, 0.3) is 10.9 Å². The summed E-state index contributed by atoms with van der Waals surface area (Å²) in [6, 6.07) is 14.5. The Labute approximate surface area is 198 Å². The summed E-state index contributed by atoms with van der Waals surface area (Å²) >= 11 is 0. The van der Waals surface area contributed by atoms with Crippen LogP contribution in [0.5, 0.6) is 0 Å². The van der Waals surface area contributed by atoms with Gasteiger partial charge in [0.15, 0.2) is 11.7 Å². The van der Waals surface area contributed by atoms with Gasteiger partial charge in [0.1, 0.15) is 5.82 Å². The van der Waals surface area contributed by atoms with Gasteiger partial charge in [-0.05, 0) is 31.9 Å². The Morgan fingerprint density at radius 1 is 1.06 bits per heavy atom. The number of aryl methyl sites for hydroxylation is 1. The number of carbonyl (C=O) groups is 2. The van der Waals surface area contributed by atoms with E-state index in [4.69, 9.17) is 11.5 Å². The summed E-state index contributed by atoms with van der Waals surface area (Å²) in [5, 5.41) is 6.93. The van der Waals surface area contributed by atoms with Crippen molar-refractivity contribution >= 4 is 34.4 Å². The lowest BCUT2D eigenvalue weighted by Gasteiger charge is -2.30. The molecule has 4 rings (SSSR count). The summed E-state index contributed by atoms with van der Waals surface area (Å²) in [6.45, 7) is 1.85. The summed E-state index contributed by atoms with van der Waals surface area (Å²) in [7, 11) is 0. The van der Waals surface area contributed by atoms with Crippen molar-refractivity contribution < 1.29 is 9.59 Å². The van der Waals surface area contributed by atoms with E-state index in [1.54, 1.807) is 24.3 Å². The molecule has 0 radical (unpaired) electrons. The number of ketones is 1. The van der Waals surface area contributed by atoms with Gasteiger partial charge in [-0.3, -0.25) is 9.59 Å². The molecule has 2 unspecified atom stereocenters. The van der Waals surface area contributed by atoms with E-state index in [1.807, 2.05) is 31.2 Å². The molecule has 34 heavy (non-hydrogen) atoms. The Hall–Kier alpha value is -4.01. The number of hydrogen-bond acceptors (Lipinski definition) is 6. The van der Waals surface area contributed by atoms with Gasteiger partial charge in [-0.15, -0.1) is 0 Å². The average molecular weight is 460 g/mol. The highest BCUT2D eigenvalue weighted by Gasteiger charge is 2.26. The van der Waals surface area contributed by atoms with Crippen molar-refractivity contribution in [2.75, 3.05) is 11.9 Å². The first-order valence-electron chi connectivity index (χ1n) is 11.4. The van der Waals surface area contributed by atoms with Gasteiger partial charge in [0.05, 0.1) is 24.1 Å². The number of carbonyl (C=O) groups excluding carboxylic acids is 2. The summed E-state index contributed by atoms with van der Waals surface area (Å²) in [6.07, 6.45) is 3.84. The molecule has 0 aliphatic heterocycles. The molecule has 1 amide bonds. The second kappa shape index (κ2) is 10.3. The predicted octanol–water partition coefficient (Wildman–Crippen LogP) is 2.55. The van der Waals surface area contributed by atoms with E-state index in [2.05, 4.69) is 25.6 Å². The smallest absolute Gasteiger partial charge is 0.289 e. The van der Waals surface area contributed by atoms with Gasteiger partial charge in [-0.2, -0.15) is 0 Å². The van der Waals surface area contributed by atoms with Gasteiger partial charge >= 0.3 is 0 Å². The molecule has 1 aliphatic rings. The Balaban J connectivity index is 1.60. The average Bonchev–Trinajstić information content (AvgIpc) is 2.84. The molecule has 2 atom stereocenters. The van der Waals surface area contributed by atoms with E-state index in [-0.39, 0.29) is 36.2 Å². The molecule has 1 fully saturated rings. The number of aliphatic imine (C=N–C) groups is 1. The molecule has 2 aromatic carbocycles. The van der Waals surface area contributed by atoms with Crippen molar-refractivity contribution in [3.63, 3.8) is 0 Å². The topological polar surface area (TPSA) is 148 Å². The highest BCUT2D eigenvalue weighted by Crippen LogP contribution is 2.28. The number of hydrogen-bond donors (Lipinski definition) is 4. The van der Waals surface area contributed by atoms with Crippen LogP contribution >= 0.6 is 0 Å². The molecule has 9 heteroatoms. The first-order chi connectivity index (χ1) is 16.4. The Kier molecular flexibility index (Phi) is 7.01. The van der Waals surface area contributed by atoms with Crippen LogP contribution in [0, 0.1) is 6.92 Å². The molecule has 9 nitrogen and oxygen atoms in total. The van der Waals surface area contributed by atoms with Gasteiger partial charge < -0.3 is 22.1 Å². The summed E-state index contributed by atoms with van der Waals surface area (Å²) in [4.78, 5) is 38.6. The standard InChI is InChI=1S/C25H29N7O2/c1-15-11-12-18-17(13-15)22(30-19-9-5-6-10-20(19)31-25(26)27)32-23(29-18)24(34)28-14-21(33)16-7-3-2-4-8-16/h2-4,7-8,11-13,19-20H,5-6,9-10,14H2,1H3,(H,28,34)(H4,26,27,31)(H,29,30,32). The fraction of sp³-hybridized carbons (Fsp3) is 0.320. The lowest BCUT2D eigenvalue weighted by molar-refractivity contribution is 0.0897. The van der Waals surface area contributed by atoms with E-state index in [9.17, 15) is 9.59 Å². The molecule has 6 N–H and O–H groups in total. The van der Waals surface area contributed by atoms with Crippen LogP contribution in [-0.4, -0.2) is 46.2 Å². The quantitative estimate of drug-likeness (QED) is 0.241. The van der Waals surface area contributed by atoms with Crippen molar-refractivity contribution in [2.45, 2.75) is 44.7 Å². The monoisotopic (exact) mass is 459 g/mol. The number of amides is 1. The minimum atomic E-state index is -0.515. The third kappa shape index (κ3) is 5.48. The van der Waals surface area contributed by atoms with Crippen molar-refractivity contribution in [2.24, 2.45) is 16.5 Å². The first-order valence-corrected chi connectivity index (χ1v) is 11.4. The van der Waals surface area contributed by atoms with Gasteiger partial charge in [0.2, 0.25) is 5.82 Å². The number of fused-ring (bicyclic) bond motifs is 1. The zero-order chi connectivity index (χ0) is 24.1. The second-order valence-corrected chi connectivity index (χ2v) is 8.54. The number of benzene rings is 2. The van der Waals surface area contributed by atoms with Crippen LogP contribution in [0.15, 0.2) is 53.5 Å². The summed E-state index contributed by atoms with van der Waals surface area (Å²) in [5.74, 6) is -0.0969. The van der Waals surface area contributed by atoms with E-state index < -0.39 is 5.91 Å². The molecule has 1 heterocycles. The first kappa shape index (κ1) is 23.2. The van der Waals surface area contributed by atoms with Crippen LogP contribution in [0.3, 0.4) is 0 Å². The molecule has 3 aromatic rings. The van der Waals surface area contributed by atoms with Crippen LogP contribution < -0.4 is 22.1 Å². The molecule has 0 spiro atoms. The maximum atomic E-state index is 12.9. The molecule has 0 bridgehead atoms. The molecule has 0 saturated heterocycles.